The molecule has 1 heterocycles. The van der Waals surface area contributed by atoms with Gasteiger partial charge in [-0.2, -0.15) is 0 Å². The first-order valence-corrected chi connectivity index (χ1v) is 13.9. The minimum Gasteiger partial charge on any atom is -0.208 e. The summed E-state index contributed by atoms with van der Waals surface area (Å²) in [7, 11) is 0. The highest BCUT2D eigenvalue weighted by molar-refractivity contribution is 6.30. The second-order valence-electron chi connectivity index (χ2n) is 9.84. The van der Waals surface area contributed by atoms with Gasteiger partial charge in [0.05, 0.1) is 0 Å². The largest absolute Gasteiger partial charge is 0.208 e. The van der Waals surface area contributed by atoms with E-state index in [0.717, 1.165) is 54.7 Å². The molecule has 194 valence electrons. The highest BCUT2D eigenvalue weighted by Gasteiger charge is 2.18. The Bertz CT molecular complexity index is 1930. The number of nitrogens with zero attached hydrogens (tertiary/aromatic N) is 3. The Labute approximate surface area is 243 Å². The Kier molecular flexibility index (Phi) is 6.56. The quantitative estimate of drug-likeness (QED) is 0.216. The lowest BCUT2D eigenvalue weighted by atomic mass is 9.92. The molecule has 0 saturated heterocycles. The maximum atomic E-state index is 6.26. The molecule has 0 aliphatic heterocycles. The summed E-state index contributed by atoms with van der Waals surface area (Å²) in [6, 6.07) is 49.4. The van der Waals surface area contributed by atoms with Gasteiger partial charge in [0.15, 0.2) is 17.5 Å². The van der Waals surface area contributed by atoms with Crippen molar-refractivity contribution in [1.29, 1.82) is 0 Å². The monoisotopic (exact) mass is 545 g/mol. The normalized spacial score (nSPS) is 11.0. The van der Waals surface area contributed by atoms with Crippen LogP contribution in [0.2, 0.25) is 5.02 Å². The van der Waals surface area contributed by atoms with Gasteiger partial charge in [0.25, 0.3) is 0 Å². The number of rotatable bonds is 5. The summed E-state index contributed by atoms with van der Waals surface area (Å²) in [5, 5.41) is 2.94. The van der Waals surface area contributed by atoms with Crippen molar-refractivity contribution in [3.8, 4) is 56.4 Å². The van der Waals surface area contributed by atoms with Crippen molar-refractivity contribution < 1.29 is 0 Å². The minimum absolute atomic E-state index is 0.642. The van der Waals surface area contributed by atoms with Crippen molar-refractivity contribution in [2.75, 3.05) is 0 Å². The Morgan fingerprint density at radius 2 is 0.951 bits per heavy atom. The Balaban J connectivity index is 1.45. The second kappa shape index (κ2) is 10.8. The first-order chi connectivity index (χ1) is 20.2. The topological polar surface area (TPSA) is 38.7 Å². The van der Waals surface area contributed by atoms with Crippen LogP contribution in [0, 0.1) is 0 Å². The van der Waals surface area contributed by atoms with Crippen LogP contribution >= 0.6 is 11.6 Å². The molecule has 1 aromatic heterocycles. The van der Waals surface area contributed by atoms with Gasteiger partial charge in [-0.3, -0.25) is 0 Å². The third kappa shape index (κ3) is 5.00. The zero-order valence-electron chi connectivity index (χ0n) is 22.1. The van der Waals surface area contributed by atoms with E-state index in [4.69, 9.17) is 26.6 Å². The molecule has 6 aromatic carbocycles. The summed E-state index contributed by atoms with van der Waals surface area (Å²) in [4.78, 5) is 15.0. The number of halogens is 1. The molecule has 0 N–H and O–H groups in total. The van der Waals surface area contributed by atoms with E-state index in [-0.39, 0.29) is 0 Å². The van der Waals surface area contributed by atoms with Crippen LogP contribution in [-0.2, 0) is 0 Å². The summed E-state index contributed by atoms with van der Waals surface area (Å²) in [5.41, 5.74) is 7.21. The van der Waals surface area contributed by atoms with Crippen LogP contribution in [-0.4, -0.2) is 15.0 Å². The van der Waals surface area contributed by atoms with Gasteiger partial charge in [0.1, 0.15) is 0 Å². The highest BCUT2D eigenvalue weighted by atomic mass is 35.5. The fraction of sp³-hybridized carbons (Fsp3) is 0. The van der Waals surface area contributed by atoms with Gasteiger partial charge < -0.3 is 0 Å². The first-order valence-electron chi connectivity index (χ1n) is 13.5. The van der Waals surface area contributed by atoms with Gasteiger partial charge in [-0.15, -0.1) is 0 Å². The lowest BCUT2D eigenvalue weighted by molar-refractivity contribution is 1.08. The Hall–Kier alpha value is -5.12. The van der Waals surface area contributed by atoms with E-state index in [1.54, 1.807) is 0 Å². The van der Waals surface area contributed by atoms with Crippen molar-refractivity contribution in [2.24, 2.45) is 0 Å². The third-order valence-electron chi connectivity index (χ3n) is 7.21. The predicted molar refractivity (Wildman–Crippen MR) is 170 cm³/mol. The molecule has 7 aromatic rings. The van der Waals surface area contributed by atoms with Gasteiger partial charge in [-0.05, 0) is 45.2 Å². The standard InChI is InChI=1S/C37H24ClN3/c38-31-16-9-15-30(24-31)25-18-20-27(21-19-25)33-23-22-26-10-7-8-17-32(26)34(33)37-40-35(28-11-3-1-4-12-28)39-36(41-37)29-13-5-2-6-14-29/h1-24H. The van der Waals surface area contributed by atoms with Crippen LogP contribution in [0.15, 0.2) is 146 Å². The number of hydrogen-bond donors (Lipinski definition) is 0. The number of hydrogen-bond acceptors (Lipinski definition) is 3. The fourth-order valence-corrected chi connectivity index (χ4v) is 5.37. The van der Waals surface area contributed by atoms with E-state index >= 15 is 0 Å². The molecule has 0 aliphatic rings. The smallest absolute Gasteiger partial charge is 0.165 e. The number of benzene rings is 6. The molecule has 0 atom stereocenters. The molecule has 4 heteroatoms. The van der Waals surface area contributed by atoms with Crippen molar-refractivity contribution >= 4 is 22.4 Å². The Morgan fingerprint density at radius 1 is 0.390 bits per heavy atom. The van der Waals surface area contributed by atoms with Gasteiger partial charge in [0.2, 0.25) is 0 Å². The zero-order valence-corrected chi connectivity index (χ0v) is 22.8. The highest BCUT2D eigenvalue weighted by Crippen LogP contribution is 2.38. The number of aromatic nitrogens is 3. The summed E-state index contributed by atoms with van der Waals surface area (Å²) >= 11 is 6.26. The van der Waals surface area contributed by atoms with Crippen LogP contribution < -0.4 is 0 Å². The molecule has 3 nitrogen and oxygen atoms in total. The minimum atomic E-state index is 0.642. The van der Waals surface area contributed by atoms with Gasteiger partial charge in [0, 0.05) is 21.7 Å². The van der Waals surface area contributed by atoms with Crippen LogP contribution in [0.5, 0.6) is 0 Å². The average Bonchev–Trinajstić information content (AvgIpc) is 3.05. The molecule has 0 fully saturated rings. The zero-order chi connectivity index (χ0) is 27.6. The average molecular weight is 546 g/mol. The lowest BCUT2D eigenvalue weighted by Crippen LogP contribution is -2.01. The third-order valence-corrected chi connectivity index (χ3v) is 7.44. The molecule has 7 rings (SSSR count). The molecule has 0 unspecified atom stereocenters. The van der Waals surface area contributed by atoms with Crippen molar-refractivity contribution in [2.45, 2.75) is 0 Å². The summed E-state index contributed by atoms with van der Waals surface area (Å²) in [6.07, 6.45) is 0. The van der Waals surface area contributed by atoms with E-state index in [0.29, 0.717) is 17.5 Å². The summed E-state index contributed by atoms with van der Waals surface area (Å²) in [5.74, 6) is 1.93. The van der Waals surface area contributed by atoms with Gasteiger partial charge in [-0.25, -0.2) is 15.0 Å². The van der Waals surface area contributed by atoms with Crippen LogP contribution in [0.1, 0.15) is 0 Å². The van der Waals surface area contributed by atoms with E-state index in [1.165, 1.54) is 0 Å². The molecule has 0 spiro atoms. The molecule has 0 radical (unpaired) electrons. The maximum Gasteiger partial charge on any atom is 0.165 e. The molecule has 0 aliphatic carbocycles. The summed E-state index contributed by atoms with van der Waals surface area (Å²) < 4.78 is 0. The van der Waals surface area contributed by atoms with E-state index in [1.807, 2.05) is 78.9 Å². The van der Waals surface area contributed by atoms with Crippen LogP contribution in [0.3, 0.4) is 0 Å². The first kappa shape index (κ1) is 24.9. The van der Waals surface area contributed by atoms with Gasteiger partial charge >= 0.3 is 0 Å². The van der Waals surface area contributed by atoms with Crippen molar-refractivity contribution in [3.05, 3.63) is 151 Å². The molecular formula is C37H24ClN3. The predicted octanol–water partition coefficient (Wildman–Crippen LogP) is 10.0. The second-order valence-corrected chi connectivity index (χ2v) is 10.3. The lowest BCUT2D eigenvalue weighted by Gasteiger charge is -2.15. The molecule has 0 bridgehead atoms. The molecule has 41 heavy (non-hydrogen) atoms. The molecule has 0 saturated carbocycles. The Morgan fingerprint density at radius 3 is 1.61 bits per heavy atom. The van der Waals surface area contributed by atoms with Crippen molar-refractivity contribution in [3.63, 3.8) is 0 Å². The number of fused-ring (bicyclic) bond motifs is 1. The molecular weight excluding hydrogens is 522 g/mol. The van der Waals surface area contributed by atoms with Crippen LogP contribution in [0.4, 0.5) is 0 Å². The maximum absolute atomic E-state index is 6.26. The molecule has 0 amide bonds. The van der Waals surface area contributed by atoms with Gasteiger partial charge in [-0.1, -0.05) is 145 Å². The SMILES string of the molecule is Clc1cccc(-c2ccc(-c3ccc4ccccc4c3-c3nc(-c4ccccc4)nc(-c4ccccc4)n3)cc2)c1. The summed E-state index contributed by atoms with van der Waals surface area (Å²) in [6.45, 7) is 0. The van der Waals surface area contributed by atoms with Crippen LogP contribution in [0.25, 0.3) is 67.2 Å². The fourth-order valence-electron chi connectivity index (χ4n) is 5.18. The van der Waals surface area contributed by atoms with E-state index in [2.05, 4.69) is 66.7 Å². The van der Waals surface area contributed by atoms with Crippen molar-refractivity contribution in [1.82, 2.24) is 15.0 Å². The van der Waals surface area contributed by atoms with E-state index < -0.39 is 0 Å². The van der Waals surface area contributed by atoms with E-state index in [9.17, 15) is 0 Å².